The number of carbonyl (C=O) groups excluding carboxylic acids is 1. The Bertz CT molecular complexity index is 844. The van der Waals surface area contributed by atoms with Gasteiger partial charge in [-0.3, -0.25) is 14.7 Å². The van der Waals surface area contributed by atoms with Gasteiger partial charge in [0.1, 0.15) is 0 Å². The fraction of sp³-hybridized carbons (Fsp3) is 0.520. The van der Waals surface area contributed by atoms with Gasteiger partial charge in [0.15, 0.2) is 0 Å². The summed E-state index contributed by atoms with van der Waals surface area (Å²) in [6, 6.07) is 13.3. The first-order valence-electron chi connectivity index (χ1n) is 11.3. The predicted molar refractivity (Wildman–Crippen MR) is 131 cm³/mol. The van der Waals surface area contributed by atoms with E-state index in [0.29, 0.717) is 18.2 Å². The maximum Gasteiger partial charge on any atom is 0.237 e. The smallest absolute Gasteiger partial charge is 0.237 e. The Morgan fingerprint density at radius 3 is 2.62 bits per heavy atom. The monoisotopic (exact) mass is 456 g/mol. The largest absolute Gasteiger partial charge is 0.390 e. The van der Waals surface area contributed by atoms with E-state index in [1.165, 1.54) is 5.56 Å². The molecule has 2 heterocycles. The molecule has 1 aliphatic heterocycles. The van der Waals surface area contributed by atoms with Gasteiger partial charge in [-0.1, -0.05) is 36.4 Å². The van der Waals surface area contributed by atoms with Crippen molar-refractivity contribution < 1.29 is 9.90 Å². The number of β-amino-alcohol motifs (C(OH)–C–C–N with tert-alkyl or cyclic N) is 1. The first-order chi connectivity index (χ1) is 15.2. The van der Waals surface area contributed by atoms with Crippen molar-refractivity contribution in [3.63, 3.8) is 0 Å². The Hall–Kier alpha value is -1.93. The molecule has 0 bridgehead atoms. The first kappa shape index (κ1) is 24.7. The molecule has 4 atom stereocenters. The van der Waals surface area contributed by atoms with Crippen molar-refractivity contribution in [2.75, 3.05) is 13.1 Å². The van der Waals surface area contributed by atoms with Gasteiger partial charge in [-0.25, -0.2) is 0 Å². The maximum atomic E-state index is 13.0. The van der Waals surface area contributed by atoms with E-state index >= 15 is 0 Å². The number of carbonyl (C=O) groups is 1. The third kappa shape index (κ3) is 7.59. The molecular formula is C25H36N4O2S. The molecule has 4 unspecified atom stereocenters. The highest BCUT2D eigenvalue weighted by Gasteiger charge is 2.39. The van der Waals surface area contributed by atoms with E-state index in [2.05, 4.69) is 21.3 Å². The molecule has 3 rings (SSSR count). The zero-order chi connectivity index (χ0) is 23.1. The molecule has 1 fully saturated rings. The fourth-order valence-electron chi connectivity index (χ4n) is 4.01. The van der Waals surface area contributed by atoms with Crippen LogP contribution in [0, 0.1) is 0 Å². The molecule has 1 amide bonds. The van der Waals surface area contributed by atoms with Gasteiger partial charge in [-0.15, -0.1) is 0 Å². The van der Waals surface area contributed by atoms with Gasteiger partial charge in [0.25, 0.3) is 0 Å². The number of aromatic nitrogens is 1. The number of rotatable bonds is 9. The molecule has 0 spiro atoms. The average Bonchev–Trinajstić information content (AvgIpc) is 3.15. The van der Waals surface area contributed by atoms with E-state index < -0.39 is 6.10 Å². The predicted octanol–water partition coefficient (Wildman–Crippen LogP) is 2.60. The zero-order valence-corrected chi connectivity index (χ0v) is 20.1. The highest BCUT2D eigenvalue weighted by Crippen LogP contribution is 2.30. The first-order valence-corrected chi connectivity index (χ1v) is 12.3. The van der Waals surface area contributed by atoms with Crippen LogP contribution in [0.5, 0.6) is 0 Å². The topological polar surface area (TPSA) is 91.5 Å². The van der Waals surface area contributed by atoms with Crippen molar-refractivity contribution in [1.82, 2.24) is 15.2 Å². The van der Waals surface area contributed by atoms with Crippen LogP contribution in [0.3, 0.4) is 0 Å². The van der Waals surface area contributed by atoms with E-state index in [1.807, 2.05) is 75.1 Å². The van der Waals surface area contributed by atoms with Crippen LogP contribution < -0.4 is 11.1 Å². The van der Waals surface area contributed by atoms with E-state index in [0.717, 1.165) is 24.3 Å². The van der Waals surface area contributed by atoms with Crippen molar-refractivity contribution in [3.8, 4) is 0 Å². The molecule has 1 saturated heterocycles. The van der Waals surface area contributed by atoms with Crippen LogP contribution in [0.25, 0.3) is 0 Å². The minimum absolute atomic E-state index is 0.0193. The summed E-state index contributed by atoms with van der Waals surface area (Å²) in [7, 11) is 0. The van der Waals surface area contributed by atoms with Crippen molar-refractivity contribution in [2.24, 2.45) is 5.73 Å². The van der Waals surface area contributed by atoms with Gasteiger partial charge in [-0.2, -0.15) is 11.8 Å². The number of hydrogen-bond donors (Lipinski definition) is 3. The fourth-order valence-corrected chi connectivity index (χ4v) is 5.22. The second-order valence-corrected chi connectivity index (χ2v) is 10.9. The van der Waals surface area contributed by atoms with Crippen LogP contribution in [0.2, 0.25) is 0 Å². The van der Waals surface area contributed by atoms with E-state index in [9.17, 15) is 9.90 Å². The molecular weight excluding hydrogens is 420 g/mol. The zero-order valence-electron chi connectivity index (χ0n) is 19.3. The van der Waals surface area contributed by atoms with E-state index in [1.54, 1.807) is 6.20 Å². The number of likely N-dealkylation sites (tertiary alicyclic amines) is 1. The highest BCUT2D eigenvalue weighted by atomic mass is 32.2. The van der Waals surface area contributed by atoms with Gasteiger partial charge >= 0.3 is 0 Å². The van der Waals surface area contributed by atoms with Crippen molar-refractivity contribution in [1.29, 1.82) is 0 Å². The number of amides is 1. The molecule has 1 aliphatic rings. The normalized spacial score (nSPS) is 21.3. The standard InChI is InChI=1S/C25H36N4O2S/c1-25(2,3)28-24(31)22-13-20(32-17-19-10-7-11-27-14-19)15-29(22)16-23(30)21(26)12-18-8-5-4-6-9-18/h4-11,14,20-23,30H,12-13,15-17,26H2,1-3H3,(H,28,31). The number of aliphatic hydroxyl groups is 1. The molecule has 32 heavy (non-hydrogen) atoms. The number of benzene rings is 1. The molecule has 0 saturated carbocycles. The van der Waals surface area contributed by atoms with Crippen molar-refractivity contribution in [2.45, 2.75) is 68.3 Å². The Morgan fingerprint density at radius 2 is 1.97 bits per heavy atom. The minimum atomic E-state index is -0.706. The number of hydrogen-bond acceptors (Lipinski definition) is 6. The van der Waals surface area contributed by atoms with Gasteiger partial charge in [0.05, 0.1) is 12.1 Å². The average molecular weight is 457 g/mol. The summed E-state index contributed by atoms with van der Waals surface area (Å²) in [5.41, 5.74) is 8.31. The summed E-state index contributed by atoms with van der Waals surface area (Å²) >= 11 is 1.84. The summed E-state index contributed by atoms with van der Waals surface area (Å²) < 4.78 is 0. The molecule has 1 aromatic carbocycles. The van der Waals surface area contributed by atoms with Crippen LogP contribution in [0.1, 0.15) is 38.3 Å². The van der Waals surface area contributed by atoms with Gasteiger partial charge < -0.3 is 16.2 Å². The third-order valence-electron chi connectivity index (χ3n) is 5.60. The van der Waals surface area contributed by atoms with Crippen molar-refractivity contribution >= 4 is 17.7 Å². The number of thioether (sulfide) groups is 1. The quantitative estimate of drug-likeness (QED) is 0.537. The second-order valence-electron chi connectivity index (χ2n) is 9.66. The van der Waals surface area contributed by atoms with Crippen molar-refractivity contribution in [3.05, 3.63) is 66.0 Å². The number of pyridine rings is 1. The van der Waals surface area contributed by atoms with Crippen LogP contribution in [-0.2, 0) is 17.0 Å². The molecule has 174 valence electrons. The van der Waals surface area contributed by atoms with Gasteiger partial charge in [-0.05, 0) is 50.8 Å². The Morgan fingerprint density at radius 1 is 1.25 bits per heavy atom. The minimum Gasteiger partial charge on any atom is -0.390 e. The number of nitrogens with two attached hydrogens (primary N) is 1. The molecule has 0 aliphatic carbocycles. The van der Waals surface area contributed by atoms with Crippen LogP contribution in [-0.4, -0.2) is 63.0 Å². The second kappa shape index (κ2) is 11.3. The summed E-state index contributed by atoms with van der Waals surface area (Å²) in [4.78, 5) is 19.3. The maximum absolute atomic E-state index is 13.0. The van der Waals surface area contributed by atoms with Crippen LogP contribution in [0.15, 0.2) is 54.9 Å². The lowest BCUT2D eigenvalue weighted by molar-refractivity contribution is -0.127. The molecule has 6 nitrogen and oxygen atoms in total. The van der Waals surface area contributed by atoms with E-state index in [4.69, 9.17) is 5.73 Å². The molecule has 4 N–H and O–H groups in total. The van der Waals surface area contributed by atoms with E-state index in [-0.39, 0.29) is 23.5 Å². The summed E-state index contributed by atoms with van der Waals surface area (Å²) in [6.07, 6.45) is 4.32. The Balaban J connectivity index is 1.63. The lowest BCUT2D eigenvalue weighted by Crippen LogP contribution is -2.53. The Kier molecular flexibility index (Phi) is 8.71. The number of nitrogens with one attached hydrogen (secondary N) is 1. The number of nitrogens with zero attached hydrogens (tertiary/aromatic N) is 2. The summed E-state index contributed by atoms with van der Waals surface area (Å²) in [6.45, 7) is 7.11. The van der Waals surface area contributed by atoms with Gasteiger partial charge in [0.2, 0.25) is 5.91 Å². The van der Waals surface area contributed by atoms with Gasteiger partial charge in [0, 0.05) is 48.1 Å². The molecule has 2 aromatic rings. The molecule has 1 aromatic heterocycles. The Labute approximate surface area is 196 Å². The molecule has 7 heteroatoms. The summed E-state index contributed by atoms with van der Waals surface area (Å²) in [5, 5.41) is 14.3. The lowest BCUT2D eigenvalue weighted by Gasteiger charge is -2.30. The summed E-state index contributed by atoms with van der Waals surface area (Å²) in [5.74, 6) is 0.876. The number of aliphatic hydroxyl groups excluding tert-OH is 1. The van der Waals surface area contributed by atoms with Crippen LogP contribution in [0.4, 0.5) is 0 Å². The van der Waals surface area contributed by atoms with Crippen LogP contribution >= 0.6 is 11.8 Å². The third-order valence-corrected chi connectivity index (χ3v) is 6.92. The SMILES string of the molecule is CC(C)(C)NC(=O)C1CC(SCc2cccnc2)CN1CC(O)C(N)Cc1ccccc1. The lowest BCUT2D eigenvalue weighted by atomic mass is 10.0. The highest BCUT2D eigenvalue weighted by molar-refractivity contribution is 7.99. The molecule has 0 radical (unpaired) electrons.